The largest absolute Gasteiger partial charge is 0.463 e. The van der Waals surface area contributed by atoms with Crippen LogP contribution in [0.25, 0.3) is 0 Å². The Morgan fingerprint density at radius 1 is 1.31 bits per heavy atom. The second kappa shape index (κ2) is 6.01. The zero-order valence-electron chi connectivity index (χ0n) is 10.2. The van der Waals surface area contributed by atoms with E-state index in [9.17, 15) is 4.79 Å². The van der Waals surface area contributed by atoms with Crippen LogP contribution in [0.2, 0.25) is 0 Å². The topological polar surface area (TPSA) is 44.8 Å². The Morgan fingerprint density at radius 3 is 2.31 bits per heavy atom. The molecular formula is C12H20O4. The van der Waals surface area contributed by atoms with Crippen molar-refractivity contribution in [1.29, 1.82) is 0 Å². The molecule has 1 rings (SSSR count). The van der Waals surface area contributed by atoms with Crippen molar-refractivity contribution >= 4 is 5.97 Å². The third-order valence-electron chi connectivity index (χ3n) is 3.01. The average Bonchev–Trinajstić information content (AvgIpc) is 2.31. The molecule has 4 heteroatoms. The Bertz CT molecular complexity index is 254. The molecule has 0 heterocycles. The number of ether oxygens (including phenoxy) is 3. The molecule has 1 aliphatic rings. The van der Waals surface area contributed by atoms with Crippen LogP contribution in [0.4, 0.5) is 0 Å². The van der Waals surface area contributed by atoms with Crippen LogP contribution >= 0.6 is 0 Å². The Balaban J connectivity index is 2.51. The molecule has 0 aromatic heterocycles. The van der Waals surface area contributed by atoms with Crippen LogP contribution in [0.3, 0.4) is 0 Å². The molecule has 0 saturated heterocycles. The minimum absolute atomic E-state index is 0.250. The van der Waals surface area contributed by atoms with Gasteiger partial charge in [0.2, 0.25) is 0 Å². The number of hydrogen-bond donors (Lipinski definition) is 0. The summed E-state index contributed by atoms with van der Waals surface area (Å²) in [5, 5.41) is 0. The summed E-state index contributed by atoms with van der Waals surface area (Å²) < 4.78 is 15.6. The van der Waals surface area contributed by atoms with Gasteiger partial charge in [0.15, 0.2) is 5.79 Å². The standard InChI is InChI=1S/C12H20O4/c1-4-16-11(13)9-10-5-7-12(14-2,15-3)8-6-10/h9H,4-8H2,1-3H3. The Kier molecular flexibility index (Phi) is 4.96. The third-order valence-corrected chi connectivity index (χ3v) is 3.01. The lowest BCUT2D eigenvalue weighted by Crippen LogP contribution is -2.36. The molecule has 0 atom stereocenters. The smallest absolute Gasteiger partial charge is 0.330 e. The number of carbonyl (C=O) groups is 1. The monoisotopic (exact) mass is 228 g/mol. The molecule has 92 valence electrons. The number of rotatable bonds is 4. The summed E-state index contributed by atoms with van der Waals surface area (Å²) in [6, 6.07) is 0. The van der Waals surface area contributed by atoms with E-state index in [1.807, 2.05) is 0 Å². The molecule has 0 N–H and O–H groups in total. The quantitative estimate of drug-likeness (QED) is 0.419. The zero-order valence-corrected chi connectivity index (χ0v) is 10.2. The first kappa shape index (κ1) is 13.2. The Labute approximate surface area is 96.6 Å². The molecular weight excluding hydrogens is 208 g/mol. The predicted molar refractivity (Wildman–Crippen MR) is 59.9 cm³/mol. The van der Waals surface area contributed by atoms with Gasteiger partial charge in [-0.15, -0.1) is 0 Å². The molecule has 0 bridgehead atoms. The molecule has 1 fully saturated rings. The fourth-order valence-electron chi connectivity index (χ4n) is 1.94. The van der Waals surface area contributed by atoms with Crippen molar-refractivity contribution in [1.82, 2.24) is 0 Å². The summed E-state index contributed by atoms with van der Waals surface area (Å²) in [5.74, 6) is -0.716. The summed E-state index contributed by atoms with van der Waals surface area (Å²) >= 11 is 0. The van der Waals surface area contributed by atoms with Crippen molar-refractivity contribution in [3.63, 3.8) is 0 Å². The molecule has 1 aliphatic carbocycles. The molecule has 0 aromatic carbocycles. The van der Waals surface area contributed by atoms with Gasteiger partial charge in [-0.25, -0.2) is 4.79 Å². The van der Waals surface area contributed by atoms with Crippen molar-refractivity contribution in [2.24, 2.45) is 0 Å². The van der Waals surface area contributed by atoms with Crippen LogP contribution in [-0.2, 0) is 19.0 Å². The van der Waals surface area contributed by atoms with Gasteiger partial charge >= 0.3 is 5.97 Å². The minimum atomic E-state index is -0.466. The lowest BCUT2D eigenvalue weighted by atomic mass is 9.89. The van der Waals surface area contributed by atoms with E-state index in [1.54, 1.807) is 27.2 Å². The van der Waals surface area contributed by atoms with Crippen molar-refractivity contribution < 1.29 is 19.0 Å². The first-order valence-electron chi connectivity index (χ1n) is 5.62. The van der Waals surface area contributed by atoms with Crippen molar-refractivity contribution in [3.05, 3.63) is 11.6 Å². The summed E-state index contributed by atoms with van der Waals surface area (Å²) in [5.41, 5.74) is 1.11. The molecule has 0 amide bonds. The summed E-state index contributed by atoms with van der Waals surface area (Å²) in [6.45, 7) is 2.22. The first-order valence-corrected chi connectivity index (χ1v) is 5.62. The van der Waals surface area contributed by atoms with E-state index in [4.69, 9.17) is 14.2 Å². The molecule has 0 spiro atoms. The fourth-order valence-corrected chi connectivity index (χ4v) is 1.94. The molecule has 1 saturated carbocycles. The molecule has 0 radical (unpaired) electrons. The molecule has 4 nitrogen and oxygen atoms in total. The zero-order chi connectivity index (χ0) is 12.0. The van der Waals surface area contributed by atoms with Crippen molar-refractivity contribution in [3.8, 4) is 0 Å². The highest BCUT2D eigenvalue weighted by Crippen LogP contribution is 2.34. The van der Waals surface area contributed by atoms with Gasteiger partial charge in [0.05, 0.1) is 6.61 Å². The number of allylic oxidation sites excluding steroid dienone is 1. The van der Waals surface area contributed by atoms with Gasteiger partial charge in [-0.1, -0.05) is 5.57 Å². The second-order valence-corrected chi connectivity index (χ2v) is 3.87. The molecule has 16 heavy (non-hydrogen) atoms. The van der Waals surface area contributed by atoms with Crippen LogP contribution in [0, 0.1) is 0 Å². The normalized spacial score (nSPS) is 19.3. The lowest BCUT2D eigenvalue weighted by molar-refractivity contribution is -0.218. The van der Waals surface area contributed by atoms with E-state index in [0.717, 1.165) is 31.3 Å². The van der Waals surface area contributed by atoms with Gasteiger partial charge in [-0.05, 0) is 19.8 Å². The third kappa shape index (κ3) is 3.32. The molecule has 0 aliphatic heterocycles. The first-order chi connectivity index (χ1) is 7.65. The molecule has 0 unspecified atom stereocenters. The van der Waals surface area contributed by atoms with E-state index in [-0.39, 0.29) is 5.97 Å². The van der Waals surface area contributed by atoms with E-state index in [0.29, 0.717) is 6.61 Å². The average molecular weight is 228 g/mol. The van der Waals surface area contributed by atoms with Crippen molar-refractivity contribution in [2.45, 2.75) is 38.4 Å². The van der Waals surface area contributed by atoms with Crippen LogP contribution in [0.1, 0.15) is 32.6 Å². The number of hydrogen-bond acceptors (Lipinski definition) is 4. The summed E-state index contributed by atoms with van der Waals surface area (Å²) in [4.78, 5) is 11.3. The van der Waals surface area contributed by atoms with Crippen LogP contribution in [0.15, 0.2) is 11.6 Å². The van der Waals surface area contributed by atoms with Gasteiger partial charge in [0, 0.05) is 33.1 Å². The van der Waals surface area contributed by atoms with E-state index >= 15 is 0 Å². The van der Waals surface area contributed by atoms with Crippen LogP contribution < -0.4 is 0 Å². The van der Waals surface area contributed by atoms with Gasteiger partial charge < -0.3 is 14.2 Å². The van der Waals surface area contributed by atoms with Gasteiger partial charge in [0.25, 0.3) is 0 Å². The predicted octanol–water partition coefficient (Wildman–Crippen LogP) is 2.04. The van der Waals surface area contributed by atoms with Crippen LogP contribution in [-0.4, -0.2) is 32.6 Å². The number of methoxy groups -OCH3 is 2. The van der Waals surface area contributed by atoms with E-state index < -0.39 is 5.79 Å². The maximum Gasteiger partial charge on any atom is 0.330 e. The van der Waals surface area contributed by atoms with Crippen molar-refractivity contribution in [2.75, 3.05) is 20.8 Å². The minimum Gasteiger partial charge on any atom is -0.463 e. The fraction of sp³-hybridized carbons (Fsp3) is 0.750. The highest BCUT2D eigenvalue weighted by Gasteiger charge is 2.33. The van der Waals surface area contributed by atoms with Gasteiger partial charge in [-0.3, -0.25) is 0 Å². The van der Waals surface area contributed by atoms with Gasteiger partial charge in [-0.2, -0.15) is 0 Å². The maximum atomic E-state index is 11.3. The Morgan fingerprint density at radius 2 is 1.88 bits per heavy atom. The number of carbonyl (C=O) groups excluding carboxylic acids is 1. The lowest BCUT2D eigenvalue weighted by Gasteiger charge is -2.35. The highest BCUT2D eigenvalue weighted by atomic mass is 16.7. The SMILES string of the molecule is CCOC(=O)C=C1CCC(OC)(OC)CC1. The Hall–Kier alpha value is -0.870. The van der Waals surface area contributed by atoms with E-state index in [1.165, 1.54) is 0 Å². The summed E-state index contributed by atoms with van der Waals surface area (Å²) in [6.07, 6.45) is 4.80. The molecule has 0 aromatic rings. The highest BCUT2D eigenvalue weighted by molar-refractivity contribution is 5.82. The van der Waals surface area contributed by atoms with Gasteiger partial charge in [0.1, 0.15) is 0 Å². The second-order valence-electron chi connectivity index (χ2n) is 3.87. The van der Waals surface area contributed by atoms with Crippen LogP contribution in [0.5, 0.6) is 0 Å². The summed E-state index contributed by atoms with van der Waals surface area (Å²) in [7, 11) is 3.31. The number of esters is 1. The van der Waals surface area contributed by atoms with E-state index in [2.05, 4.69) is 0 Å². The maximum absolute atomic E-state index is 11.3.